The highest BCUT2D eigenvalue weighted by Gasteiger charge is 2.55. The molecule has 8 nitrogen and oxygen atoms in total. The Balaban J connectivity index is 2.76. The number of aldehydes is 1. The first-order valence-corrected chi connectivity index (χ1v) is 8.80. The van der Waals surface area contributed by atoms with Crippen molar-refractivity contribution in [2.24, 2.45) is 0 Å². The Hall–Kier alpha value is -2.76. The van der Waals surface area contributed by atoms with E-state index in [1.54, 1.807) is 0 Å². The Bertz CT molecular complexity index is 924. The quantitative estimate of drug-likeness (QED) is 0.234. The van der Waals surface area contributed by atoms with E-state index in [0.29, 0.717) is 0 Å². The molecule has 27 heavy (non-hydrogen) atoms. The van der Waals surface area contributed by atoms with Crippen LogP contribution in [0.3, 0.4) is 0 Å². The van der Waals surface area contributed by atoms with Gasteiger partial charge in [0.2, 0.25) is 0 Å². The Kier molecular flexibility index (Phi) is 5.40. The fourth-order valence-electron chi connectivity index (χ4n) is 2.86. The molecular formula is C15H12F3NO7S. The smallest absolute Gasteiger partial charge is 0.379 e. The number of nitro groups is 1. The molecule has 0 aliphatic heterocycles. The van der Waals surface area contributed by atoms with Crippen molar-refractivity contribution in [1.82, 2.24) is 0 Å². The van der Waals surface area contributed by atoms with Gasteiger partial charge in [0.15, 0.2) is 5.78 Å². The third-order valence-corrected chi connectivity index (χ3v) is 5.00. The lowest BCUT2D eigenvalue weighted by atomic mass is 9.68. The predicted molar refractivity (Wildman–Crippen MR) is 83.8 cm³/mol. The standard InChI is InChI=1S/C15H12F3NO7S/c16-15(17,18)27(24,25)26-13-7-3-6-12(21)14(13,8-9-20)10-4-1-2-5-11(10)19(22)23/h1-2,4-5,7,9H,3,6,8H2. The van der Waals surface area contributed by atoms with Crippen LogP contribution in [0.5, 0.6) is 0 Å². The molecule has 1 aliphatic rings. The van der Waals surface area contributed by atoms with E-state index >= 15 is 0 Å². The number of nitrogens with zero attached hydrogens (tertiary/aromatic N) is 1. The van der Waals surface area contributed by atoms with Gasteiger partial charge in [0.1, 0.15) is 17.5 Å². The number of nitro benzene ring substituents is 1. The van der Waals surface area contributed by atoms with Crippen LogP contribution in [0.1, 0.15) is 24.8 Å². The van der Waals surface area contributed by atoms with Crippen LogP contribution in [0, 0.1) is 10.1 Å². The first-order chi connectivity index (χ1) is 12.5. The van der Waals surface area contributed by atoms with Gasteiger partial charge in [-0.25, -0.2) is 0 Å². The highest BCUT2D eigenvalue weighted by atomic mass is 32.2. The lowest BCUT2D eigenvalue weighted by molar-refractivity contribution is -0.386. The topological polar surface area (TPSA) is 121 Å². The maximum atomic E-state index is 12.7. The molecule has 0 radical (unpaired) electrons. The number of carbonyl (C=O) groups is 2. The summed E-state index contributed by atoms with van der Waals surface area (Å²) in [7, 11) is -6.16. The monoisotopic (exact) mass is 407 g/mol. The predicted octanol–water partition coefficient (Wildman–Crippen LogP) is 2.53. The molecule has 1 aromatic carbocycles. The average molecular weight is 407 g/mol. The molecule has 0 heterocycles. The van der Waals surface area contributed by atoms with Gasteiger partial charge < -0.3 is 8.98 Å². The summed E-state index contributed by atoms with van der Waals surface area (Å²) in [6.45, 7) is 0. The Labute approximate surface area is 150 Å². The van der Waals surface area contributed by atoms with Gasteiger partial charge in [-0.3, -0.25) is 14.9 Å². The minimum absolute atomic E-state index is 0.150. The highest BCUT2D eigenvalue weighted by Crippen LogP contribution is 2.46. The fraction of sp³-hybridized carbons (Fsp3) is 0.333. The second-order valence-corrected chi connectivity index (χ2v) is 7.10. The normalized spacial score (nSPS) is 20.7. The van der Waals surface area contributed by atoms with Gasteiger partial charge >= 0.3 is 15.6 Å². The summed E-state index contributed by atoms with van der Waals surface area (Å²) < 4.78 is 65.3. The van der Waals surface area contributed by atoms with E-state index in [1.807, 2.05) is 0 Å². The molecule has 0 saturated carbocycles. The summed E-state index contributed by atoms with van der Waals surface area (Å²) in [6, 6.07) is 4.58. The lowest BCUT2D eigenvalue weighted by Crippen LogP contribution is -2.43. The van der Waals surface area contributed by atoms with Gasteiger partial charge in [0.25, 0.3) is 5.69 Å². The lowest BCUT2D eigenvalue weighted by Gasteiger charge is -2.35. The molecule has 0 aromatic heterocycles. The van der Waals surface area contributed by atoms with E-state index in [2.05, 4.69) is 4.18 Å². The van der Waals surface area contributed by atoms with Crippen molar-refractivity contribution in [3.05, 3.63) is 51.8 Å². The number of allylic oxidation sites excluding steroid dienone is 2. The van der Waals surface area contributed by atoms with Crippen LogP contribution in [0.15, 0.2) is 36.1 Å². The third-order valence-electron chi connectivity index (χ3n) is 4.03. The van der Waals surface area contributed by atoms with Crippen molar-refractivity contribution in [2.45, 2.75) is 30.2 Å². The van der Waals surface area contributed by atoms with Gasteiger partial charge in [-0.1, -0.05) is 18.2 Å². The van der Waals surface area contributed by atoms with E-state index in [4.69, 9.17) is 0 Å². The maximum absolute atomic E-state index is 12.7. The zero-order valence-electron chi connectivity index (χ0n) is 13.4. The van der Waals surface area contributed by atoms with Crippen LogP contribution in [-0.4, -0.2) is 30.9 Å². The van der Waals surface area contributed by atoms with Gasteiger partial charge in [0.05, 0.1) is 10.5 Å². The molecule has 0 amide bonds. The molecule has 0 saturated heterocycles. The van der Waals surface area contributed by atoms with Gasteiger partial charge in [-0.05, 0) is 12.5 Å². The number of Topliss-reactive ketones (excluding diaryl/α,β-unsaturated/α-hetero) is 1. The molecule has 2 rings (SSSR count). The van der Waals surface area contributed by atoms with Crippen molar-refractivity contribution < 1.29 is 40.3 Å². The zero-order chi connectivity index (χ0) is 20.5. The number of hydrogen-bond acceptors (Lipinski definition) is 7. The molecule has 1 unspecified atom stereocenters. The summed E-state index contributed by atoms with van der Waals surface area (Å²) in [5.41, 5.74) is -9.21. The first-order valence-electron chi connectivity index (χ1n) is 7.39. The largest absolute Gasteiger partial charge is 0.534 e. The van der Waals surface area contributed by atoms with Crippen molar-refractivity contribution in [1.29, 1.82) is 0 Å². The molecule has 12 heteroatoms. The minimum Gasteiger partial charge on any atom is -0.379 e. The molecule has 0 bridgehead atoms. The van der Waals surface area contributed by atoms with E-state index < -0.39 is 55.2 Å². The maximum Gasteiger partial charge on any atom is 0.534 e. The SMILES string of the molecule is O=CCC1(c2ccccc2[N+](=O)[O-])C(=O)CCC=C1OS(=O)(=O)C(F)(F)F. The molecule has 1 atom stereocenters. The summed E-state index contributed by atoms with van der Waals surface area (Å²) >= 11 is 0. The van der Waals surface area contributed by atoms with Gasteiger partial charge in [0, 0.05) is 18.9 Å². The van der Waals surface area contributed by atoms with Crippen LogP contribution in [0.4, 0.5) is 18.9 Å². The van der Waals surface area contributed by atoms with Crippen molar-refractivity contribution >= 4 is 27.9 Å². The van der Waals surface area contributed by atoms with Crippen LogP contribution < -0.4 is 0 Å². The molecule has 1 aliphatic carbocycles. The number of para-hydroxylation sites is 1. The highest BCUT2D eigenvalue weighted by molar-refractivity contribution is 7.87. The van der Waals surface area contributed by atoms with E-state index in [1.165, 1.54) is 12.1 Å². The van der Waals surface area contributed by atoms with Crippen LogP contribution >= 0.6 is 0 Å². The number of benzene rings is 1. The summed E-state index contributed by atoms with van der Waals surface area (Å²) in [6.07, 6.45) is -0.153. The number of carbonyl (C=O) groups excluding carboxylic acids is 2. The van der Waals surface area contributed by atoms with Gasteiger partial charge in [-0.2, -0.15) is 21.6 Å². The van der Waals surface area contributed by atoms with E-state index in [-0.39, 0.29) is 19.1 Å². The van der Waals surface area contributed by atoms with Crippen molar-refractivity contribution in [3.8, 4) is 0 Å². The number of halogens is 3. The number of hydrogen-bond donors (Lipinski definition) is 0. The van der Waals surface area contributed by atoms with Gasteiger partial charge in [-0.15, -0.1) is 0 Å². The Morgan fingerprint density at radius 2 is 1.93 bits per heavy atom. The molecule has 146 valence electrons. The first kappa shape index (κ1) is 20.6. The van der Waals surface area contributed by atoms with Crippen LogP contribution in [-0.2, 0) is 29.3 Å². The summed E-state index contributed by atoms with van der Waals surface area (Å²) in [4.78, 5) is 34.3. The molecule has 0 fully saturated rings. The second kappa shape index (κ2) is 7.10. The molecular weight excluding hydrogens is 395 g/mol. The summed E-state index contributed by atoms with van der Waals surface area (Å²) in [5.74, 6) is -1.84. The fourth-order valence-corrected chi connectivity index (χ4v) is 3.40. The number of alkyl halides is 3. The van der Waals surface area contributed by atoms with Crippen molar-refractivity contribution in [3.63, 3.8) is 0 Å². The summed E-state index contributed by atoms with van der Waals surface area (Å²) in [5, 5.41) is 11.3. The Morgan fingerprint density at radius 1 is 1.30 bits per heavy atom. The van der Waals surface area contributed by atoms with E-state index in [0.717, 1.165) is 18.2 Å². The Morgan fingerprint density at radius 3 is 2.48 bits per heavy atom. The number of ketones is 1. The van der Waals surface area contributed by atoms with Crippen LogP contribution in [0.25, 0.3) is 0 Å². The number of rotatable bonds is 6. The zero-order valence-corrected chi connectivity index (χ0v) is 14.2. The average Bonchev–Trinajstić information content (AvgIpc) is 2.57. The molecule has 0 N–H and O–H groups in total. The molecule has 0 spiro atoms. The molecule has 1 aromatic rings. The van der Waals surface area contributed by atoms with Crippen molar-refractivity contribution in [2.75, 3.05) is 0 Å². The second-order valence-electron chi connectivity index (χ2n) is 5.56. The van der Waals surface area contributed by atoms with Crippen LogP contribution in [0.2, 0.25) is 0 Å². The van der Waals surface area contributed by atoms with E-state index in [9.17, 15) is 41.3 Å². The third kappa shape index (κ3) is 3.56. The minimum atomic E-state index is -6.16.